The summed E-state index contributed by atoms with van der Waals surface area (Å²) in [5.74, 6) is 0.902. The van der Waals surface area contributed by atoms with E-state index < -0.39 is 0 Å². The minimum Gasteiger partial charge on any atom is -0.486 e. The molecule has 0 spiro atoms. The summed E-state index contributed by atoms with van der Waals surface area (Å²) in [6, 6.07) is 15.8. The summed E-state index contributed by atoms with van der Waals surface area (Å²) in [7, 11) is 1.84. The molecule has 2 aromatic carbocycles. The molecule has 0 bridgehead atoms. The number of ether oxygens (including phenoxy) is 1. The molecule has 1 amide bonds. The van der Waals surface area contributed by atoms with Crippen LogP contribution in [0.1, 0.15) is 34.5 Å². The van der Waals surface area contributed by atoms with Gasteiger partial charge in [0.05, 0.1) is 0 Å². The van der Waals surface area contributed by atoms with Gasteiger partial charge in [0.15, 0.2) is 0 Å². The summed E-state index contributed by atoms with van der Waals surface area (Å²) in [5.41, 5.74) is 2.93. The molecule has 0 N–H and O–H groups in total. The van der Waals surface area contributed by atoms with Crippen LogP contribution in [0, 0.1) is 0 Å². The van der Waals surface area contributed by atoms with Gasteiger partial charge in [-0.05, 0) is 31.0 Å². The third-order valence-electron chi connectivity index (χ3n) is 3.98. The highest BCUT2D eigenvalue weighted by molar-refractivity contribution is 5.97. The van der Waals surface area contributed by atoms with E-state index in [1.807, 2.05) is 50.4 Å². The first-order chi connectivity index (χ1) is 10.2. The Balaban J connectivity index is 1.89. The Hall–Kier alpha value is -2.29. The van der Waals surface area contributed by atoms with Gasteiger partial charge in [0.2, 0.25) is 0 Å². The second kappa shape index (κ2) is 5.60. The van der Waals surface area contributed by atoms with Crippen LogP contribution in [0.25, 0.3) is 0 Å². The lowest BCUT2D eigenvalue weighted by Crippen LogP contribution is -2.34. The number of nitrogens with zero attached hydrogens (tertiary/aromatic N) is 1. The van der Waals surface area contributed by atoms with Crippen molar-refractivity contribution in [1.82, 2.24) is 4.90 Å². The van der Waals surface area contributed by atoms with Crippen molar-refractivity contribution >= 4 is 5.91 Å². The van der Waals surface area contributed by atoms with Crippen LogP contribution in [0.3, 0.4) is 0 Å². The van der Waals surface area contributed by atoms with Crippen LogP contribution in [0.2, 0.25) is 0 Å². The average molecular weight is 281 g/mol. The Kier molecular flexibility index (Phi) is 3.65. The van der Waals surface area contributed by atoms with Gasteiger partial charge >= 0.3 is 0 Å². The SMILES string of the molecule is C[C@H](Oc1cccc2c1CCN(C)C2=O)c1ccccc1. The largest absolute Gasteiger partial charge is 0.486 e. The second-order valence-electron chi connectivity index (χ2n) is 5.43. The predicted octanol–water partition coefficient (Wildman–Crippen LogP) is 3.45. The molecule has 0 radical (unpaired) electrons. The van der Waals surface area contributed by atoms with Crippen molar-refractivity contribution in [3.05, 3.63) is 65.2 Å². The fourth-order valence-corrected chi connectivity index (χ4v) is 2.70. The molecule has 2 aromatic rings. The molecule has 1 aliphatic rings. The standard InChI is InChI=1S/C18H19NO2/c1-13(14-7-4-3-5-8-14)21-17-10-6-9-16-15(17)11-12-19(2)18(16)20/h3-10,13H,11-12H2,1-2H3/t13-/m0/s1. The molecular formula is C18H19NO2. The summed E-state index contributed by atoms with van der Waals surface area (Å²) in [6.07, 6.45) is 0.808. The van der Waals surface area contributed by atoms with Gasteiger partial charge in [-0.25, -0.2) is 0 Å². The zero-order valence-corrected chi connectivity index (χ0v) is 12.4. The Bertz CT molecular complexity index is 652. The lowest BCUT2D eigenvalue weighted by atomic mass is 9.98. The Labute approximate surface area is 125 Å². The highest BCUT2D eigenvalue weighted by atomic mass is 16.5. The van der Waals surface area contributed by atoms with Crippen molar-refractivity contribution < 1.29 is 9.53 Å². The van der Waals surface area contributed by atoms with E-state index in [2.05, 4.69) is 12.1 Å². The molecule has 21 heavy (non-hydrogen) atoms. The van der Waals surface area contributed by atoms with Gasteiger partial charge in [0, 0.05) is 24.7 Å². The number of fused-ring (bicyclic) bond motifs is 1. The number of rotatable bonds is 3. The van der Waals surface area contributed by atoms with Crippen LogP contribution < -0.4 is 4.74 Å². The van der Waals surface area contributed by atoms with Crippen LogP contribution in [0.4, 0.5) is 0 Å². The molecule has 3 heteroatoms. The zero-order chi connectivity index (χ0) is 14.8. The van der Waals surface area contributed by atoms with Crippen LogP contribution in [-0.2, 0) is 6.42 Å². The first-order valence-corrected chi connectivity index (χ1v) is 7.26. The van der Waals surface area contributed by atoms with Crippen molar-refractivity contribution in [1.29, 1.82) is 0 Å². The lowest BCUT2D eigenvalue weighted by molar-refractivity contribution is 0.0778. The van der Waals surface area contributed by atoms with Gasteiger partial charge in [0.25, 0.3) is 5.91 Å². The Morgan fingerprint density at radius 2 is 1.86 bits per heavy atom. The molecule has 0 saturated carbocycles. The molecule has 1 heterocycles. The third kappa shape index (κ3) is 2.64. The fourth-order valence-electron chi connectivity index (χ4n) is 2.70. The van der Waals surface area contributed by atoms with Crippen LogP contribution in [-0.4, -0.2) is 24.4 Å². The fraction of sp³-hybridized carbons (Fsp3) is 0.278. The van der Waals surface area contributed by atoms with Crippen LogP contribution in [0.5, 0.6) is 5.75 Å². The van der Waals surface area contributed by atoms with Crippen molar-refractivity contribution in [2.45, 2.75) is 19.4 Å². The van der Waals surface area contributed by atoms with Gasteiger partial charge in [-0.15, -0.1) is 0 Å². The molecule has 1 atom stereocenters. The van der Waals surface area contributed by atoms with Crippen molar-refractivity contribution in [2.75, 3.05) is 13.6 Å². The van der Waals surface area contributed by atoms with Gasteiger partial charge in [-0.3, -0.25) is 4.79 Å². The Morgan fingerprint density at radius 3 is 2.62 bits per heavy atom. The summed E-state index contributed by atoms with van der Waals surface area (Å²) >= 11 is 0. The quantitative estimate of drug-likeness (QED) is 0.862. The molecule has 0 unspecified atom stereocenters. The molecule has 3 rings (SSSR count). The number of carbonyl (C=O) groups excluding carboxylic acids is 1. The lowest BCUT2D eigenvalue weighted by Gasteiger charge is -2.27. The number of likely N-dealkylation sites (N-methyl/N-ethyl adjacent to an activating group) is 1. The monoisotopic (exact) mass is 281 g/mol. The minimum absolute atomic E-state index is 0.0348. The highest BCUT2D eigenvalue weighted by Crippen LogP contribution is 2.30. The number of hydrogen-bond acceptors (Lipinski definition) is 2. The van der Waals surface area contributed by atoms with E-state index in [4.69, 9.17) is 4.74 Å². The van der Waals surface area contributed by atoms with Gasteiger partial charge in [-0.2, -0.15) is 0 Å². The van der Waals surface area contributed by atoms with Gasteiger partial charge in [-0.1, -0.05) is 36.4 Å². The minimum atomic E-state index is -0.0348. The number of carbonyl (C=O) groups is 1. The first-order valence-electron chi connectivity index (χ1n) is 7.26. The summed E-state index contributed by atoms with van der Waals surface area (Å²) in [4.78, 5) is 14.0. The van der Waals surface area contributed by atoms with Gasteiger partial charge in [0.1, 0.15) is 11.9 Å². The van der Waals surface area contributed by atoms with E-state index in [1.54, 1.807) is 4.90 Å². The molecule has 0 fully saturated rings. The number of benzene rings is 2. The summed E-state index contributed by atoms with van der Waals surface area (Å²) in [5, 5.41) is 0. The maximum Gasteiger partial charge on any atom is 0.254 e. The average Bonchev–Trinajstić information content (AvgIpc) is 2.52. The normalized spacial score (nSPS) is 15.5. The smallest absolute Gasteiger partial charge is 0.254 e. The highest BCUT2D eigenvalue weighted by Gasteiger charge is 2.24. The molecular weight excluding hydrogens is 262 g/mol. The van der Waals surface area contributed by atoms with Gasteiger partial charge < -0.3 is 9.64 Å². The summed E-state index contributed by atoms with van der Waals surface area (Å²) < 4.78 is 6.11. The van der Waals surface area contributed by atoms with E-state index in [0.717, 1.165) is 35.4 Å². The van der Waals surface area contributed by atoms with Crippen LogP contribution in [0.15, 0.2) is 48.5 Å². The number of hydrogen-bond donors (Lipinski definition) is 0. The first kappa shape index (κ1) is 13.7. The van der Waals surface area contributed by atoms with E-state index in [1.165, 1.54) is 0 Å². The third-order valence-corrected chi connectivity index (χ3v) is 3.98. The topological polar surface area (TPSA) is 29.5 Å². The van der Waals surface area contributed by atoms with E-state index in [0.29, 0.717) is 0 Å². The maximum absolute atomic E-state index is 12.2. The molecule has 1 aliphatic heterocycles. The molecule has 3 nitrogen and oxygen atoms in total. The van der Waals surface area contributed by atoms with Crippen LogP contribution >= 0.6 is 0 Å². The summed E-state index contributed by atoms with van der Waals surface area (Å²) in [6.45, 7) is 2.78. The van der Waals surface area contributed by atoms with Crippen molar-refractivity contribution in [3.63, 3.8) is 0 Å². The zero-order valence-electron chi connectivity index (χ0n) is 12.4. The maximum atomic E-state index is 12.2. The predicted molar refractivity (Wildman–Crippen MR) is 82.6 cm³/mol. The van der Waals surface area contributed by atoms with E-state index in [9.17, 15) is 4.79 Å². The second-order valence-corrected chi connectivity index (χ2v) is 5.43. The van der Waals surface area contributed by atoms with E-state index >= 15 is 0 Å². The van der Waals surface area contributed by atoms with E-state index in [-0.39, 0.29) is 12.0 Å². The number of amides is 1. The molecule has 0 saturated heterocycles. The van der Waals surface area contributed by atoms with Crippen molar-refractivity contribution in [3.8, 4) is 5.75 Å². The molecule has 108 valence electrons. The molecule has 0 aliphatic carbocycles. The molecule has 0 aromatic heterocycles. The Morgan fingerprint density at radius 1 is 1.10 bits per heavy atom. The van der Waals surface area contributed by atoms with Crippen molar-refractivity contribution in [2.24, 2.45) is 0 Å².